The van der Waals surface area contributed by atoms with E-state index in [-0.39, 0.29) is 6.61 Å². The monoisotopic (exact) mass is 301 g/mol. The second kappa shape index (κ2) is 8.50. The van der Waals surface area contributed by atoms with Crippen molar-refractivity contribution in [1.82, 2.24) is 5.32 Å². The van der Waals surface area contributed by atoms with E-state index in [1.165, 1.54) is 0 Å². The standard InChI is InChI=1S/C13H20BrNO2/c1-11(6-8-16)10-15-7-9-17-13-4-2-12(14)3-5-13/h2-5,11,15-16H,6-10H2,1H3. The zero-order valence-electron chi connectivity index (χ0n) is 10.2. The van der Waals surface area contributed by atoms with Crippen molar-refractivity contribution in [2.24, 2.45) is 5.92 Å². The van der Waals surface area contributed by atoms with Gasteiger partial charge in [-0.2, -0.15) is 0 Å². The lowest BCUT2D eigenvalue weighted by molar-refractivity contribution is 0.256. The molecule has 0 heterocycles. The average molecular weight is 302 g/mol. The highest BCUT2D eigenvalue weighted by molar-refractivity contribution is 9.10. The number of hydrogen-bond donors (Lipinski definition) is 2. The van der Waals surface area contributed by atoms with E-state index in [0.717, 1.165) is 29.7 Å². The molecule has 17 heavy (non-hydrogen) atoms. The predicted octanol–water partition coefficient (Wildman–Crippen LogP) is 2.44. The van der Waals surface area contributed by atoms with Gasteiger partial charge in [-0.15, -0.1) is 0 Å². The van der Waals surface area contributed by atoms with E-state index in [1.807, 2.05) is 24.3 Å². The molecule has 3 nitrogen and oxygen atoms in total. The summed E-state index contributed by atoms with van der Waals surface area (Å²) in [6.07, 6.45) is 0.848. The molecule has 96 valence electrons. The first-order chi connectivity index (χ1) is 8.22. The molecule has 1 unspecified atom stereocenters. The van der Waals surface area contributed by atoms with Crippen molar-refractivity contribution in [2.45, 2.75) is 13.3 Å². The van der Waals surface area contributed by atoms with Crippen LogP contribution >= 0.6 is 15.9 Å². The van der Waals surface area contributed by atoms with Crippen LogP contribution in [0.3, 0.4) is 0 Å². The first-order valence-corrected chi connectivity index (χ1v) is 6.71. The van der Waals surface area contributed by atoms with Crippen molar-refractivity contribution < 1.29 is 9.84 Å². The lowest BCUT2D eigenvalue weighted by atomic mass is 10.1. The Bertz CT molecular complexity index is 303. The van der Waals surface area contributed by atoms with E-state index < -0.39 is 0 Å². The van der Waals surface area contributed by atoms with Crippen LogP contribution < -0.4 is 10.1 Å². The van der Waals surface area contributed by atoms with Crippen LogP contribution in [0.2, 0.25) is 0 Å². The van der Waals surface area contributed by atoms with E-state index in [2.05, 4.69) is 28.2 Å². The van der Waals surface area contributed by atoms with Gasteiger partial charge in [0.2, 0.25) is 0 Å². The van der Waals surface area contributed by atoms with Crippen molar-refractivity contribution in [3.05, 3.63) is 28.7 Å². The molecule has 0 bridgehead atoms. The molecule has 0 aliphatic heterocycles. The van der Waals surface area contributed by atoms with E-state index in [1.54, 1.807) is 0 Å². The van der Waals surface area contributed by atoms with Crippen LogP contribution in [0.1, 0.15) is 13.3 Å². The fourth-order valence-electron chi connectivity index (χ4n) is 1.44. The highest BCUT2D eigenvalue weighted by Crippen LogP contribution is 2.15. The largest absolute Gasteiger partial charge is 0.492 e. The maximum atomic E-state index is 8.75. The van der Waals surface area contributed by atoms with E-state index in [0.29, 0.717) is 12.5 Å². The van der Waals surface area contributed by atoms with Crippen molar-refractivity contribution in [1.29, 1.82) is 0 Å². The molecule has 0 aromatic heterocycles. The highest BCUT2D eigenvalue weighted by Gasteiger charge is 2.00. The Balaban J connectivity index is 2.06. The lowest BCUT2D eigenvalue weighted by Gasteiger charge is -2.11. The van der Waals surface area contributed by atoms with E-state index in [9.17, 15) is 0 Å². The van der Waals surface area contributed by atoms with Crippen molar-refractivity contribution >= 4 is 15.9 Å². The minimum atomic E-state index is 0.262. The summed E-state index contributed by atoms with van der Waals surface area (Å²) in [5.41, 5.74) is 0. The van der Waals surface area contributed by atoms with Gasteiger partial charge < -0.3 is 15.2 Å². The smallest absolute Gasteiger partial charge is 0.119 e. The number of hydrogen-bond acceptors (Lipinski definition) is 3. The summed E-state index contributed by atoms with van der Waals surface area (Å²) in [7, 11) is 0. The second-order valence-electron chi connectivity index (χ2n) is 4.12. The fourth-order valence-corrected chi connectivity index (χ4v) is 1.71. The molecule has 2 N–H and O–H groups in total. The van der Waals surface area contributed by atoms with E-state index >= 15 is 0 Å². The number of benzene rings is 1. The zero-order valence-corrected chi connectivity index (χ0v) is 11.7. The predicted molar refractivity (Wildman–Crippen MR) is 73.4 cm³/mol. The summed E-state index contributed by atoms with van der Waals surface area (Å²) >= 11 is 3.38. The summed E-state index contributed by atoms with van der Waals surface area (Å²) in [5.74, 6) is 1.39. The molecule has 1 atom stereocenters. The third-order valence-electron chi connectivity index (χ3n) is 2.48. The van der Waals surface area contributed by atoms with Gasteiger partial charge in [0.15, 0.2) is 0 Å². The highest BCUT2D eigenvalue weighted by atomic mass is 79.9. The number of ether oxygens (including phenoxy) is 1. The van der Waals surface area contributed by atoms with Crippen molar-refractivity contribution in [3.63, 3.8) is 0 Å². The van der Waals surface area contributed by atoms with Crippen LogP contribution in [0.5, 0.6) is 5.75 Å². The number of rotatable bonds is 8. The van der Waals surface area contributed by atoms with Gasteiger partial charge in [0.05, 0.1) is 0 Å². The summed E-state index contributed by atoms with van der Waals surface area (Å²) in [4.78, 5) is 0. The van der Waals surface area contributed by atoms with E-state index in [4.69, 9.17) is 9.84 Å². The number of nitrogens with one attached hydrogen (secondary N) is 1. The first kappa shape index (κ1) is 14.5. The molecule has 0 radical (unpaired) electrons. The van der Waals surface area contributed by atoms with Crippen LogP contribution in [0, 0.1) is 5.92 Å². The summed E-state index contributed by atoms with van der Waals surface area (Å²) in [6, 6.07) is 7.81. The first-order valence-electron chi connectivity index (χ1n) is 5.92. The molecule has 1 rings (SSSR count). The van der Waals surface area contributed by atoms with Crippen molar-refractivity contribution in [2.75, 3.05) is 26.3 Å². The van der Waals surface area contributed by atoms with Gasteiger partial charge in [-0.1, -0.05) is 22.9 Å². The Morgan fingerprint density at radius 1 is 1.35 bits per heavy atom. The average Bonchev–Trinajstić information content (AvgIpc) is 2.31. The molecule has 0 saturated heterocycles. The van der Waals surface area contributed by atoms with Crippen LogP contribution in [-0.4, -0.2) is 31.4 Å². The van der Waals surface area contributed by atoms with Crippen molar-refractivity contribution in [3.8, 4) is 5.75 Å². The van der Waals surface area contributed by atoms with Gasteiger partial charge in [-0.05, 0) is 43.1 Å². The molecule has 1 aromatic carbocycles. The third-order valence-corrected chi connectivity index (χ3v) is 3.00. The number of halogens is 1. The minimum Gasteiger partial charge on any atom is -0.492 e. The molecule has 0 amide bonds. The lowest BCUT2D eigenvalue weighted by Crippen LogP contribution is -2.26. The number of aliphatic hydroxyl groups excluding tert-OH is 1. The fraction of sp³-hybridized carbons (Fsp3) is 0.538. The van der Waals surface area contributed by atoms with Crippen LogP contribution in [0.4, 0.5) is 0 Å². The summed E-state index contributed by atoms with van der Waals surface area (Å²) < 4.78 is 6.63. The van der Waals surface area contributed by atoms with Gasteiger partial charge in [-0.3, -0.25) is 0 Å². The Hall–Kier alpha value is -0.580. The summed E-state index contributed by atoms with van der Waals surface area (Å²) in [6.45, 7) is 4.79. The molecule has 4 heteroatoms. The van der Waals surface area contributed by atoms with Crippen LogP contribution in [0.25, 0.3) is 0 Å². The third kappa shape index (κ3) is 6.66. The minimum absolute atomic E-state index is 0.262. The van der Waals surface area contributed by atoms with Gasteiger partial charge in [0, 0.05) is 17.6 Å². The van der Waals surface area contributed by atoms with Gasteiger partial charge in [0.25, 0.3) is 0 Å². The second-order valence-corrected chi connectivity index (χ2v) is 5.04. The van der Waals surface area contributed by atoms with Crippen LogP contribution in [0.15, 0.2) is 28.7 Å². The Labute approximate surface area is 111 Å². The maximum Gasteiger partial charge on any atom is 0.119 e. The van der Waals surface area contributed by atoms with Crippen LogP contribution in [-0.2, 0) is 0 Å². The normalized spacial score (nSPS) is 12.4. The Morgan fingerprint density at radius 2 is 2.06 bits per heavy atom. The molecule has 0 spiro atoms. The molecule has 1 aromatic rings. The molecular formula is C13H20BrNO2. The topological polar surface area (TPSA) is 41.5 Å². The van der Waals surface area contributed by atoms with Gasteiger partial charge >= 0.3 is 0 Å². The van der Waals surface area contributed by atoms with Gasteiger partial charge in [0.1, 0.15) is 12.4 Å². The Kier molecular flexibility index (Phi) is 7.24. The number of aliphatic hydroxyl groups is 1. The molecule has 0 aliphatic carbocycles. The summed E-state index contributed by atoms with van der Waals surface area (Å²) in [5, 5.41) is 12.1. The molecule has 0 saturated carbocycles. The molecular weight excluding hydrogens is 282 g/mol. The Morgan fingerprint density at radius 3 is 2.71 bits per heavy atom. The zero-order chi connectivity index (χ0) is 12.5. The van der Waals surface area contributed by atoms with Gasteiger partial charge in [-0.25, -0.2) is 0 Å². The SMILES string of the molecule is CC(CCO)CNCCOc1ccc(Br)cc1. The molecule has 0 fully saturated rings. The quantitative estimate of drug-likeness (QED) is 0.725. The maximum absolute atomic E-state index is 8.75. The molecule has 0 aliphatic rings.